The molecule has 136 valence electrons. The number of carbonyl (C=O) groups is 1. The predicted molar refractivity (Wildman–Crippen MR) is 101 cm³/mol. The first kappa shape index (κ1) is 16.1. The number of fused-ring (bicyclic) bond motifs is 3. The highest BCUT2D eigenvalue weighted by Gasteiger charge is 2.35. The summed E-state index contributed by atoms with van der Waals surface area (Å²) < 4.78 is 2.01. The number of rotatable bonds is 3. The van der Waals surface area contributed by atoms with Crippen LogP contribution < -0.4 is 10.6 Å². The van der Waals surface area contributed by atoms with Crippen molar-refractivity contribution in [1.29, 1.82) is 0 Å². The monoisotopic (exact) mass is 350 g/mol. The lowest BCUT2D eigenvalue weighted by molar-refractivity contribution is 0.0917. The van der Waals surface area contributed by atoms with Crippen molar-refractivity contribution in [3.63, 3.8) is 0 Å². The second-order valence-corrected chi connectivity index (χ2v) is 8.11. The molecule has 3 heterocycles. The number of benzene rings is 1. The molecule has 2 saturated heterocycles. The molecule has 1 aliphatic carbocycles. The van der Waals surface area contributed by atoms with Crippen molar-refractivity contribution >= 4 is 5.91 Å². The van der Waals surface area contributed by atoms with Crippen LogP contribution in [-0.4, -0.2) is 33.8 Å². The summed E-state index contributed by atoms with van der Waals surface area (Å²) in [6.45, 7) is 2.10. The lowest BCUT2D eigenvalue weighted by atomic mass is 9.99. The lowest BCUT2D eigenvalue weighted by Gasteiger charge is -2.29. The molecule has 5 nitrogen and oxygen atoms in total. The molecule has 1 aromatic heterocycles. The molecule has 5 rings (SSSR count). The summed E-state index contributed by atoms with van der Waals surface area (Å²) in [4.78, 5) is 13.0. The number of hydrogen-bond donors (Lipinski definition) is 2. The van der Waals surface area contributed by atoms with Crippen LogP contribution in [0.3, 0.4) is 0 Å². The third kappa shape index (κ3) is 2.65. The van der Waals surface area contributed by atoms with Crippen molar-refractivity contribution in [3.8, 4) is 5.69 Å². The fourth-order valence-electron chi connectivity index (χ4n) is 5.05. The summed E-state index contributed by atoms with van der Waals surface area (Å²) in [6.07, 6.45) is 7.65. The van der Waals surface area contributed by atoms with Crippen LogP contribution in [0.1, 0.15) is 59.4 Å². The number of carbonyl (C=O) groups excluding carboxylic acids is 1. The highest BCUT2D eigenvalue weighted by atomic mass is 16.2. The van der Waals surface area contributed by atoms with Crippen LogP contribution in [0.2, 0.25) is 0 Å². The first-order valence-corrected chi connectivity index (χ1v) is 9.92. The normalized spacial score (nSPS) is 26.7. The minimum atomic E-state index is 0.0155. The summed E-state index contributed by atoms with van der Waals surface area (Å²) in [5.41, 5.74) is 5.29. The van der Waals surface area contributed by atoms with E-state index in [1.807, 2.05) is 16.8 Å². The van der Waals surface area contributed by atoms with Crippen molar-refractivity contribution in [3.05, 3.63) is 46.8 Å². The molecule has 2 atom stereocenters. The molecule has 2 bridgehead atoms. The number of piperidine rings is 1. The third-order valence-corrected chi connectivity index (χ3v) is 6.30. The number of hydrogen-bond acceptors (Lipinski definition) is 3. The van der Waals surface area contributed by atoms with Crippen LogP contribution in [0, 0.1) is 6.92 Å². The zero-order valence-electron chi connectivity index (χ0n) is 15.3. The quantitative estimate of drug-likeness (QED) is 0.895. The standard InChI is InChI=1S/C21H26N4O/c1-13-5-2-3-7-18(13)25-19-8-4-6-17(19)20(24-25)21(26)23-16-11-14-9-10-15(12-16)22-14/h2-3,5,7,14-16,22H,4,6,8-12H2,1H3,(H,23,26). The average molecular weight is 350 g/mol. The van der Waals surface area contributed by atoms with Gasteiger partial charge in [0.25, 0.3) is 5.91 Å². The van der Waals surface area contributed by atoms with Crippen molar-refractivity contribution in [2.45, 2.75) is 70.0 Å². The molecular weight excluding hydrogens is 324 g/mol. The Hall–Kier alpha value is -2.14. The Morgan fingerprint density at radius 1 is 1.19 bits per heavy atom. The minimum absolute atomic E-state index is 0.0155. The van der Waals surface area contributed by atoms with Gasteiger partial charge in [-0.15, -0.1) is 0 Å². The van der Waals surface area contributed by atoms with E-state index in [9.17, 15) is 4.79 Å². The molecule has 2 aliphatic heterocycles. The molecule has 26 heavy (non-hydrogen) atoms. The SMILES string of the molecule is Cc1ccccc1-n1nc(C(=O)NC2CC3CCC(C2)N3)c2c1CCC2. The fourth-order valence-corrected chi connectivity index (χ4v) is 5.05. The largest absolute Gasteiger partial charge is 0.348 e. The van der Waals surface area contributed by atoms with E-state index in [0.29, 0.717) is 17.8 Å². The Labute approximate surface area is 154 Å². The van der Waals surface area contributed by atoms with E-state index >= 15 is 0 Å². The van der Waals surface area contributed by atoms with Crippen molar-refractivity contribution < 1.29 is 4.79 Å². The second-order valence-electron chi connectivity index (χ2n) is 8.11. The number of nitrogens with zero attached hydrogens (tertiary/aromatic N) is 2. The van der Waals surface area contributed by atoms with Gasteiger partial charge in [-0.1, -0.05) is 18.2 Å². The van der Waals surface area contributed by atoms with E-state index < -0.39 is 0 Å². The Kier molecular flexibility index (Phi) is 3.85. The molecule has 1 aromatic carbocycles. The molecule has 0 radical (unpaired) electrons. The first-order valence-electron chi connectivity index (χ1n) is 9.92. The molecule has 2 unspecified atom stereocenters. The van der Waals surface area contributed by atoms with Crippen LogP contribution in [0.25, 0.3) is 5.69 Å². The molecule has 2 N–H and O–H groups in total. The van der Waals surface area contributed by atoms with Gasteiger partial charge in [0.1, 0.15) is 0 Å². The number of amides is 1. The van der Waals surface area contributed by atoms with Gasteiger partial charge in [0.05, 0.1) is 5.69 Å². The highest BCUT2D eigenvalue weighted by molar-refractivity contribution is 5.94. The summed E-state index contributed by atoms with van der Waals surface area (Å²) >= 11 is 0. The molecule has 2 fully saturated rings. The molecular formula is C21H26N4O. The topological polar surface area (TPSA) is 59.0 Å². The summed E-state index contributed by atoms with van der Waals surface area (Å²) in [5.74, 6) is 0.0155. The third-order valence-electron chi connectivity index (χ3n) is 6.30. The minimum Gasteiger partial charge on any atom is -0.348 e. The maximum absolute atomic E-state index is 13.0. The van der Waals surface area contributed by atoms with E-state index in [1.165, 1.54) is 24.1 Å². The maximum Gasteiger partial charge on any atom is 0.272 e. The van der Waals surface area contributed by atoms with Crippen LogP contribution in [0.15, 0.2) is 24.3 Å². The lowest BCUT2D eigenvalue weighted by Crippen LogP contribution is -2.48. The Balaban J connectivity index is 1.43. The van der Waals surface area contributed by atoms with Gasteiger partial charge in [0.15, 0.2) is 5.69 Å². The number of aromatic nitrogens is 2. The Morgan fingerprint density at radius 3 is 2.73 bits per heavy atom. The molecule has 0 spiro atoms. The molecule has 0 saturated carbocycles. The van der Waals surface area contributed by atoms with E-state index in [2.05, 4.69) is 29.7 Å². The summed E-state index contributed by atoms with van der Waals surface area (Å²) in [6, 6.07) is 9.71. The smallest absolute Gasteiger partial charge is 0.272 e. The van der Waals surface area contributed by atoms with Crippen LogP contribution in [-0.2, 0) is 12.8 Å². The van der Waals surface area contributed by atoms with Crippen LogP contribution >= 0.6 is 0 Å². The van der Waals surface area contributed by atoms with E-state index in [0.717, 1.165) is 43.4 Å². The van der Waals surface area contributed by atoms with Crippen LogP contribution in [0.5, 0.6) is 0 Å². The van der Waals surface area contributed by atoms with Crippen molar-refractivity contribution in [2.75, 3.05) is 0 Å². The van der Waals surface area contributed by atoms with Gasteiger partial charge in [-0.2, -0.15) is 5.10 Å². The highest BCUT2D eigenvalue weighted by Crippen LogP contribution is 2.30. The number of para-hydroxylation sites is 1. The molecule has 5 heteroatoms. The van der Waals surface area contributed by atoms with Gasteiger partial charge in [-0.3, -0.25) is 4.79 Å². The maximum atomic E-state index is 13.0. The van der Waals surface area contributed by atoms with Gasteiger partial charge in [0.2, 0.25) is 0 Å². The second kappa shape index (κ2) is 6.23. The number of nitrogens with one attached hydrogen (secondary N) is 2. The zero-order valence-corrected chi connectivity index (χ0v) is 15.3. The molecule has 1 amide bonds. The van der Waals surface area contributed by atoms with Crippen molar-refractivity contribution in [1.82, 2.24) is 20.4 Å². The van der Waals surface area contributed by atoms with Crippen molar-refractivity contribution in [2.24, 2.45) is 0 Å². The first-order chi connectivity index (χ1) is 12.7. The van der Waals surface area contributed by atoms with Gasteiger partial charge in [0, 0.05) is 29.4 Å². The predicted octanol–water partition coefficient (Wildman–Crippen LogP) is 2.68. The zero-order chi connectivity index (χ0) is 17.7. The Bertz CT molecular complexity index is 844. The van der Waals surface area contributed by atoms with Gasteiger partial charge in [-0.05, 0) is 63.5 Å². The van der Waals surface area contributed by atoms with E-state index in [1.54, 1.807) is 0 Å². The van der Waals surface area contributed by atoms with Gasteiger partial charge in [-0.25, -0.2) is 4.68 Å². The number of aryl methyl sites for hydroxylation is 1. The van der Waals surface area contributed by atoms with Crippen LogP contribution in [0.4, 0.5) is 0 Å². The van der Waals surface area contributed by atoms with Gasteiger partial charge < -0.3 is 10.6 Å². The molecule has 3 aliphatic rings. The fraction of sp³-hybridized carbons (Fsp3) is 0.524. The summed E-state index contributed by atoms with van der Waals surface area (Å²) in [7, 11) is 0. The van der Waals surface area contributed by atoms with E-state index in [4.69, 9.17) is 5.10 Å². The van der Waals surface area contributed by atoms with Gasteiger partial charge >= 0.3 is 0 Å². The summed E-state index contributed by atoms with van der Waals surface area (Å²) in [5, 5.41) is 11.7. The average Bonchev–Trinajstić information content (AvgIpc) is 3.31. The van der Waals surface area contributed by atoms with E-state index in [-0.39, 0.29) is 11.9 Å². The Morgan fingerprint density at radius 2 is 1.96 bits per heavy atom. The molecule has 2 aromatic rings.